The van der Waals surface area contributed by atoms with Crippen LogP contribution in [0.3, 0.4) is 0 Å². The van der Waals surface area contributed by atoms with Crippen LogP contribution in [0.5, 0.6) is 11.5 Å². The smallest absolute Gasteiger partial charge is 0.264 e. The summed E-state index contributed by atoms with van der Waals surface area (Å²) in [4.78, 5) is 17.4. The average molecular weight is 562 g/mol. The summed E-state index contributed by atoms with van der Waals surface area (Å²) in [5.41, 5.74) is 2.14. The molecule has 34 heavy (non-hydrogen) atoms. The van der Waals surface area contributed by atoms with Crippen LogP contribution in [0, 0.1) is 5.82 Å². The van der Waals surface area contributed by atoms with E-state index in [2.05, 4.69) is 26.2 Å². The molecule has 3 aromatic carbocycles. The van der Waals surface area contributed by atoms with Crippen molar-refractivity contribution < 1.29 is 18.7 Å². The molecule has 0 aliphatic carbocycles. The number of nitrogens with one attached hydrogen (secondary N) is 1. The van der Waals surface area contributed by atoms with Crippen LogP contribution < -0.4 is 14.8 Å². The summed E-state index contributed by atoms with van der Waals surface area (Å²) in [6.45, 7) is 2.48. The van der Waals surface area contributed by atoms with Crippen molar-refractivity contribution >= 4 is 62.1 Å². The molecule has 0 aromatic heterocycles. The van der Waals surface area contributed by atoms with Gasteiger partial charge in [-0.15, -0.1) is 0 Å². The van der Waals surface area contributed by atoms with Crippen LogP contribution in [-0.2, 0) is 11.4 Å². The number of ether oxygens (including phenoxy) is 2. The lowest BCUT2D eigenvalue weighted by Gasteiger charge is -2.15. The molecule has 3 aromatic rings. The Kier molecular flexibility index (Phi) is 7.92. The van der Waals surface area contributed by atoms with Gasteiger partial charge in [-0.1, -0.05) is 23.7 Å². The predicted molar refractivity (Wildman–Crippen MR) is 138 cm³/mol. The number of rotatable bonds is 7. The first-order valence-corrected chi connectivity index (χ1v) is 12.3. The lowest BCUT2D eigenvalue weighted by molar-refractivity contribution is -0.115. The minimum atomic E-state index is -0.321. The van der Waals surface area contributed by atoms with Gasteiger partial charge in [0.05, 0.1) is 21.7 Å². The van der Waals surface area contributed by atoms with Gasteiger partial charge in [-0.05, 0) is 100 Å². The van der Waals surface area contributed by atoms with Crippen LogP contribution in [-0.4, -0.2) is 17.7 Å². The lowest BCUT2D eigenvalue weighted by Crippen LogP contribution is -2.19. The molecule has 1 aliphatic rings. The maximum atomic E-state index is 13.5. The van der Waals surface area contributed by atoms with Crippen molar-refractivity contribution in [1.82, 2.24) is 5.32 Å². The van der Waals surface area contributed by atoms with Gasteiger partial charge in [0.25, 0.3) is 5.91 Å². The summed E-state index contributed by atoms with van der Waals surface area (Å²) in [7, 11) is 0. The summed E-state index contributed by atoms with van der Waals surface area (Å²) in [6.07, 6.45) is 1.76. The number of amidine groups is 1. The number of halogens is 3. The molecule has 1 amide bonds. The summed E-state index contributed by atoms with van der Waals surface area (Å²) in [5.74, 6) is 0.456. The van der Waals surface area contributed by atoms with E-state index in [1.165, 1.54) is 23.9 Å². The maximum Gasteiger partial charge on any atom is 0.264 e. The number of aliphatic imine (C=N–C) groups is 1. The number of hydrogen-bond donors (Lipinski definition) is 1. The Labute approximate surface area is 214 Å². The number of thioether (sulfide) groups is 1. The third-order valence-corrected chi connectivity index (χ3v) is 6.36. The second kappa shape index (κ2) is 11.1. The molecule has 1 saturated heterocycles. The molecule has 174 valence electrons. The van der Waals surface area contributed by atoms with Crippen molar-refractivity contribution in [2.24, 2.45) is 4.99 Å². The van der Waals surface area contributed by atoms with Crippen LogP contribution in [0.15, 0.2) is 75.0 Å². The highest BCUT2D eigenvalue weighted by Gasteiger charge is 2.24. The van der Waals surface area contributed by atoms with Gasteiger partial charge in [-0.3, -0.25) is 4.79 Å². The minimum Gasteiger partial charge on any atom is -0.490 e. The first-order chi connectivity index (χ1) is 16.4. The van der Waals surface area contributed by atoms with E-state index >= 15 is 0 Å². The Morgan fingerprint density at radius 2 is 1.94 bits per heavy atom. The molecule has 9 heteroatoms. The van der Waals surface area contributed by atoms with Gasteiger partial charge < -0.3 is 14.8 Å². The maximum absolute atomic E-state index is 13.5. The number of carbonyl (C=O) groups is 1. The van der Waals surface area contributed by atoms with Crippen LogP contribution in [0.4, 0.5) is 10.1 Å². The highest BCUT2D eigenvalue weighted by Crippen LogP contribution is 2.39. The van der Waals surface area contributed by atoms with Gasteiger partial charge in [-0.2, -0.15) is 0 Å². The van der Waals surface area contributed by atoms with Crippen molar-refractivity contribution in [2.45, 2.75) is 13.5 Å². The molecule has 0 spiro atoms. The summed E-state index contributed by atoms with van der Waals surface area (Å²) < 4.78 is 25.8. The second-order valence-corrected chi connectivity index (χ2v) is 9.46. The molecule has 0 radical (unpaired) electrons. The first-order valence-electron chi connectivity index (χ1n) is 10.3. The first kappa shape index (κ1) is 24.3. The van der Waals surface area contributed by atoms with Crippen molar-refractivity contribution in [1.29, 1.82) is 0 Å². The Bertz CT molecular complexity index is 1280. The normalized spacial score (nSPS) is 15.6. The zero-order chi connectivity index (χ0) is 24.1. The van der Waals surface area contributed by atoms with E-state index in [9.17, 15) is 9.18 Å². The highest BCUT2D eigenvalue weighted by molar-refractivity contribution is 9.10. The topological polar surface area (TPSA) is 59.9 Å². The summed E-state index contributed by atoms with van der Waals surface area (Å²) in [6, 6.07) is 16.9. The third kappa shape index (κ3) is 6.20. The monoisotopic (exact) mass is 560 g/mol. The number of benzene rings is 3. The van der Waals surface area contributed by atoms with Gasteiger partial charge in [0.1, 0.15) is 12.4 Å². The fourth-order valence-corrected chi connectivity index (χ4v) is 4.66. The molecule has 0 saturated carbocycles. The minimum absolute atomic E-state index is 0.180. The second-order valence-electron chi connectivity index (χ2n) is 7.14. The number of hydrogen-bond acceptors (Lipinski definition) is 5. The Hall–Kier alpha value is -2.81. The van der Waals surface area contributed by atoms with Crippen LogP contribution >= 0.6 is 39.3 Å². The zero-order valence-electron chi connectivity index (χ0n) is 18.0. The zero-order valence-corrected chi connectivity index (χ0v) is 21.1. The quantitative estimate of drug-likeness (QED) is 0.312. The molecule has 1 heterocycles. The molecule has 4 rings (SSSR count). The van der Waals surface area contributed by atoms with E-state index in [0.717, 1.165) is 5.56 Å². The van der Waals surface area contributed by atoms with Crippen LogP contribution in [0.2, 0.25) is 5.02 Å². The van der Waals surface area contributed by atoms with Crippen LogP contribution in [0.1, 0.15) is 18.1 Å². The van der Waals surface area contributed by atoms with E-state index in [4.69, 9.17) is 21.1 Å². The molecule has 1 N–H and O–H groups in total. The van der Waals surface area contributed by atoms with Crippen LogP contribution in [0.25, 0.3) is 6.08 Å². The Morgan fingerprint density at radius 1 is 1.15 bits per heavy atom. The van der Waals surface area contributed by atoms with Gasteiger partial charge in [0.2, 0.25) is 0 Å². The van der Waals surface area contributed by atoms with Crippen molar-refractivity contribution in [3.63, 3.8) is 0 Å². The molecule has 0 atom stereocenters. The fourth-order valence-electron chi connectivity index (χ4n) is 3.12. The standard InChI is InChI=1S/C25H19BrClFN2O3S/c1-2-32-21-12-16(11-20(26)23(21)33-14-15-4-3-5-18(28)10-15)13-22-24(31)30-25(34-22)29-19-8-6-17(27)7-9-19/h3-13H,2,14H2,1H3,(H,29,30,31)/b22-13-. The van der Waals surface area contributed by atoms with E-state index in [1.54, 1.807) is 48.5 Å². The largest absolute Gasteiger partial charge is 0.490 e. The molecule has 5 nitrogen and oxygen atoms in total. The molecular formula is C25H19BrClFN2O3S. The molecular weight excluding hydrogens is 543 g/mol. The molecule has 1 fully saturated rings. The number of amides is 1. The summed E-state index contributed by atoms with van der Waals surface area (Å²) >= 11 is 10.7. The highest BCUT2D eigenvalue weighted by atomic mass is 79.9. The molecule has 0 bridgehead atoms. The van der Waals surface area contributed by atoms with E-state index in [1.807, 2.05) is 13.0 Å². The Balaban J connectivity index is 1.55. The van der Waals surface area contributed by atoms with Crippen molar-refractivity contribution in [3.8, 4) is 11.5 Å². The predicted octanol–water partition coefficient (Wildman–Crippen LogP) is 7.11. The average Bonchev–Trinajstić information content (AvgIpc) is 3.13. The summed E-state index contributed by atoms with van der Waals surface area (Å²) in [5, 5.41) is 3.87. The van der Waals surface area contributed by atoms with E-state index in [0.29, 0.717) is 48.9 Å². The fraction of sp³-hybridized carbons (Fsp3) is 0.120. The van der Waals surface area contributed by atoms with Gasteiger partial charge in [0.15, 0.2) is 16.7 Å². The van der Waals surface area contributed by atoms with E-state index < -0.39 is 0 Å². The number of carbonyl (C=O) groups excluding carboxylic acids is 1. The molecule has 0 unspecified atom stereocenters. The lowest BCUT2D eigenvalue weighted by atomic mass is 10.1. The van der Waals surface area contributed by atoms with Crippen molar-refractivity contribution in [2.75, 3.05) is 6.61 Å². The molecule has 1 aliphatic heterocycles. The number of nitrogens with zero attached hydrogens (tertiary/aromatic N) is 1. The van der Waals surface area contributed by atoms with Gasteiger partial charge in [0, 0.05) is 5.02 Å². The SMILES string of the molecule is CCOc1cc(/C=C2\SC(=Nc3ccc(Cl)cc3)NC2=O)cc(Br)c1OCc1cccc(F)c1. The third-order valence-electron chi connectivity index (χ3n) is 4.61. The van der Waals surface area contributed by atoms with Gasteiger partial charge in [-0.25, -0.2) is 9.38 Å². The van der Waals surface area contributed by atoms with Gasteiger partial charge >= 0.3 is 0 Å². The van der Waals surface area contributed by atoms with E-state index in [-0.39, 0.29) is 18.3 Å². The van der Waals surface area contributed by atoms with Crippen molar-refractivity contribution in [3.05, 3.63) is 92.0 Å². The Morgan fingerprint density at radius 3 is 2.68 bits per heavy atom.